The number of aromatic nitrogens is 2. The van der Waals surface area contributed by atoms with E-state index in [-0.39, 0.29) is 0 Å². The van der Waals surface area contributed by atoms with Gasteiger partial charge < -0.3 is 5.32 Å². The van der Waals surface area contributed by atoms with Crippen molar-refractivity contribution in [2.75, 3.05) is 11.9 Å². The molecule has 0 amide bonds. The molecule has 84 valence electrons. The van der Waals surface area contributed by atoms with E-state index in [0.717, 1.165) is 29.4 Å². The largest absolute Gasteiger partial charge is 0.383 e. The quantitative estimate of drug-likeness (QED) is 0.881. The van der Waals surface area contributed by atoms with Crippen LogP contribution in [0.5, 0.6) is 0 Å². The van der Waals surface area contributed by atoms with Gasteiger partial charge >= 0.3 is 0 Å². The molecule has 0 saturated carbocycles. The summed E-state index contributed by atoms with van der Waals surface area (Å²) >= 11 is 5.99. The Morgan fingerprint density at radius 2 is 2.31 bits per heavy atom. The second-order valence-electron chi connectivity index (χ2n) is 3.54. The van der Waals surface area contributed by atoms with Crippen LogP contribution in [-0.2, 0) is 0 Å². The third kappa shape index (κ3) is 2.36. The Bertz CT molecular complexity index is 451. The summed E-state index contributed by atoms with van der Waals surface area (Å²) < 4.78 is 1.83. The molecule has 0 unspecified atom stereocenters. The van der Waals surface area contributed by atoms with Crippen LogP contribution in [0.4, 0.5) is 5.69 Å². The molecular weight excluding hydrogens is 222 g/mol. The zero-order valence-electron chi connectivity index (χ0n) is 9.15. The Kier molecular flexibility index (Phi) is 3.47. The zero-order chi connectivity index (χ0) is 11.4. The highest BCUT2D eigenvalue weighted by Crippen LogP contribution is 2.23. The van der Waals surface area contributed by atoms with Crippen molar-refractivity contribution in [3.05, 3.63) is 41.7 Å². The third-order valence-electron chi connectivity index (χ3n) is 2.28. The zero-order valence-corrected chi connectivity index (χ0v) is 9.91. The average molecular weight is 236 g/mol. The number of rotatable bonds is 4. The molecule has 1 aromatic carbocycles. The van der Waals surface area contributed by atoms with Crippen molar-refractivity contribution in [2.45, 2.75) is 13.3 Å². The van der Waals surface area contributed by atoms with E-state index in [1.807, 2.05) is 35.1 Å². The van der Waals surface area contributed by atoms with E-state index in [0.29, 0.717) is 0 Å². The van der Waals surface area contributed by atoms with Crippen LogP contribution >= 0.6 is 11.6 Å². The Morgan fingerprint density at radius 3 is 3.00 bits per heavy atom. The first-order valence-corrected chi connectivity index (χ1v) is 5.72. The number of halogens is 1. The fraction of sp³-hybridized carbons (Fsp3) is 0.250. The molecule has 2 rings (SSSR count). The Balaban J connectivity index is 2.36. The number of nitrogens with one attached hydrogen (secondary N) is 1. The maximum absolute atomic E-state index is 5.99. The van der Waals surface area contributed by atoms with Gasteiger partial charge in [0.05, 0.1) is 11.4 Å². The lowest BCUT2D eigenvalue weighted by atomic mass is 10.2. The molecule has 1 aromatic heterocycles. The summed E-state index contributed by atoms with van der Waals surface area (Å²) in [5, 5.41) is 8.30. The Hall–Kier alpha value is -1.48. The predicted molar refractivity (Wildman–Crippen MR) is 67.4 cm³/mol. The van der Waals surface area contributed by atoms with Gasteiger partial charge in [-0.05, 0) is 30.7 Å². The van der Waals surface area contributed by atoms with Crippen LogP contribution in [0.3, 0.4) is 0 Å². The van der Waals surface area contributed by atoms with Crippen LogP contribution in [0.15, 0.2) is 36.7 Å². The summed E-state index contributed by atoms with van der Waals surface area (Å²) in [7, 11) is 0. The van der Waals surface area contributed by atoms with Crippen LogP contribution in [0, 0.1) is 0 Å². The number of benzene rings is 1. The van der Waals surface area contributed by atoms with E-state index in [4.69, 9.17) is 11.6 Å². The molecule has 0 aliphatic carbocycles. The molecular formula is C12H14ClN3. The normalized spacial score (nSPS) is 10.4. The Morgan fingerprint density at radius 1 is 1.44 bits per heavy atom. The van der Waals surface area contributed by atoms with E-state index in [1.165, 1.54) is 0 Å². The molecule has 0 spiro atoms. The number of hydrogen-bond donors (Lipinski definition) is 1. The van der Waals surface area contributed by atoms with Gasteiger partial charge in [-0.25, -0.2) is 4.68 Å². The van der Waals surface area contributed by atoms with Crippen molar-refractivity contribution >= 4 is 17.3 Å². The molecule has 0 bridgehead atoms. The summed E-state index contributed by atoms with van der Waals surface area (Å²) in [6, 6.07) is 7.66. The van der Waals surface area contributed by atoms with E-state index in [9.17, 15) is 0 Å². The van der Waals surface area contributed by atoms with Gasteiger partial charge in [-0.2, -0.15) is 5.10 Å². The average Bonchev–Trinajstić information content (AvgIpc) is 2.80. The molecule has 3 nitrogen and oxygen atoms in total. The van der Waals surface area contributed by atoms with Gasteiger partial charge in [-0.15, -0.1) is 0 Å². The molecule has 0 fully saturated rings. The number of nitrogens with zero attached hydrogens (tertiary/aromatic N) is 2. The van der Waals surface area contributed by atoms with E-state index >= 15 is 0 Å². The van der Waals surface area contributed by atoms with E-state index in [2.05, 4.69) is 17.3 Å². The van der Waals surface area contributed by atoms with Crippen LogP contribution < -0.4 is 5.32 Å². The summed E-state index contributed by atoms with van der Waals surface area (Å²) in [4.78, 5) is 0. The lowest BCUT2D eigenvalue weighted by Gasteiger charge is -2.11. The molecule has 1 heterocycles. The maximum Gasteiger partial charge on any atom is 0.0877 e. The van der Waals surface area contributed by atoms with Crippen molar-refractivity contribution in [1.82, 2.24) is 9.78 Å². The molecule has 0 aliphatic heterocycles. The number of anilines is 1. The van der Waals surface area contributed by atoms with Crippen LogP contribution in [0.1, 0.15) is 13.3 Å². The first-order chi connectivity index (χ1) is 7.81. The maximum atomic E-state index is 5.99. The van der Waals surface area contributed by atoms with E-state index in [1.54, 1.807) is 6.20 Å². The fourth-order valence-electron chi connectivity index (χ4n) is 1.52. The molecule has 16 heavy (non-hydrogen) atoms. The van der Waals surface area contributed by atoms with Gasteiger partial charge in [0.15, 0.2) is 0 Å². The highest BCUT2D eigenvalue weighted by atomic mass is 35.5. The summed E-state index contributed by atoms with van der Waals surface area (Å²) in [6.45, 7) is 3.06. The molecule has 0 radical (unpaired) electrons. The molecule has 0 atom stereocenters. The Labute approximate surface area is 100 Å². The van der Waals surface area contributed by atoms with Gasteiger partial charge in [-0.1, -0.05) is 18.5 Å². The lowest BCUT2D eigenvalue weighted by Crippen LogP contribution is -2.05. The minimum absolute atomic E-state index is 0.731. The SMILES string of the molecule is CCCNc1cc(Cl)ccc1-n1cccn1. The highest BCUT2D eigenvalue weighted by molar-refractivity contribution is 6.31. The molecule has 4 heteroatoms. The van der Waals surface area contributed by atoms with Crippen molar-refractivity contribution in [2.24, 2.45) is 0 Å². The summed E-state index contributed by atoms with van der Waals surface area (Å²) in [5.41, 5.74) is 2.03. The molecule has 0 saturated heterocycles. The predicted octanol–water partition coefficient (Wildman–Crippen LogP) is 3.35. The minimum atomic E-state index is 0.731. The third-order valence-corrected chi connectivity index (χ3v) is 2.51. The first kappa shape index (κ1) is 11.0. The summed E-state index contributed by atoms with van der Waals surface area (Å²) in [5.74, 6) is 0. The van der Waals surface area contributed by atoms with E-state index < -0.39 is 0 Å². The van der Waals surface area contributed by atoms with Gasteiger partial charge in [-0.3, -0.25) is 0 Å². The van der Waals surface area contributed by atoms with Gasteiger partial charge in [0.25, 0.3) is 0 Å². The number of hydrogen-bond acceptors (Lipinski definition) is 2. The van der Waals surface area contributed by atoms with Crippen molar-refractivity contribution in [1.29, 1.82) is 0 Å². The summed E-state index contributed by atoms with van der Waals surface area (Å²) in [6.07, 6.45) is 4.75. The van der Waals surface area contributed by atoms with Gasteiger partial charge in [0, 0.05) is 24.0 Å². The molecule has 1 N–H and O–H groups in total. The van der Waals surface area contributed by atoms with Crippen LogP contribution in [0.2, 0.25) is 5.02 Å². The smallest absolute Gasteiger partial charge is 0.0877 e. The standard InChI is InChI=1S/C12H14ClN3/c1-2-6-14-11-9-10(13)4-5-12(11)16-8-3-7-15-16/h3-5,7-9,14H,2,6H2,1H3. The second-order valence-corrected chi connectivity index (χ2v) is 3.98. The molecule has 2 aromatic rings. The highest BCUT2D eigenvalue weighted by Gasteiger charge is 2.04. The minimum Gasteiger partial charge on any atom is -0.383 e. The van der Waals surface area contributed by atoms with Crippen molar-refractivity contribution in [3.63, 3.8) is 0 Å². The van der Waals surface area contributed by atoms with Crippen LogP contribution in [-0.4, -0.2) is 16.3 Å². The topological polar surface area (TPSA) is 29.9 Å². The second kappa shape index (κ2) is 5.03. The lowest BCUT2D eigenvalue weighted by molar-refractivity contribution is 0.876. The van der Waals surface area contributed by atoms with Crippen LogP contribution in [0.25, 0.3) is 5.69 Å². The fourth-order valence-corrected chi connectivity index (χ4v) is 1.69. The van der Waals surface area contributed by atoms with Crippen molar-refractivity contribution in [3.8, 4) is 5.69 Å². The molecule has 0 aliphatic rings. The first-order valence-electron chi connectivity index (χ1n) is 5.34. The van der Waals surface area contributed by atoms with Gasteiger partial charge in [0.1, 0.15) is 0 Å². The van der Waals surface area contributed by atoms with Gasteiger partial charge in [0.2, 0.25) is 0 Å². The monoisotopic (exact) mass is 235 g/mol. The van der Waals surface area contributed by atoms with Crippen molar-refractivity contribution < 1.29 is 0 Å².